The van der Waals surface area contributed by atoms with Crippen molar-refractivity contribution >= 4 is 28.3 Å². The monoisotopic (exact) mass is 350 g/mol. The Balaban J connectivity index is 1.82. The van der Waals surface area contributed by atoms with Gasteiger partial charge in [0.15, 0.2) is 5.76 Å². The van der Waals surface area contributed by atoms with Crippen LogP contribution in [0.5, 0.6) is 0 Å². The Bertz CT molecular complexity index is 1100. The van der Waals surface area contributed by atoms with E-state index in [1.807, 2.05) is 0 Å². The van der Waals surface area contributed by atoms with E-state index in [9.17, 15) is 9.59 Å². The summed E-state index contributed by atoms with van der Waals surface area (Å²) in [4.78, 5) is 25.5. The number of carbonyl (C=O) groups excluding carboxylic acids is 2. The van der Waals surface area contributed by atoms with Gasteiger partial charge in [0.05, 0.1) is 17.6 Å². The second-order valence-corrected chi connectivity index (χ2v) is 5.76. The van der Waals surface area contributed by atoms with Crippen molar-refractivity contribution in [1.82, 2.24) is 5.16 Å². The number of benzene rings is 1. The van der Waals surface area contributed by atoms with Crippen LogP contribution in [0.25, 0.3) is 11.0 Å². The van der Waals surface area contributed by atoms with Crippen LogP contribution in [-0.2, 0) is 0 Å². The minimum absolute atomic E-state index is 0.00117. The highest BCUT2D eigenvalue weighted by molar-refractivity contribution is 6.18. The largest absolute Gasteiger partial charge is 0.461 e. The highest BCUT2D eigenvalue weighted by Crippen LogP contribution is 2.33. The lowest BCUT2D eigenvalue weighted by molar-refractivity contribution is 0.0986. The number of hydrogen-bond acceptors (Lipinski definition) is 6. The van der Waals surface area contributed by atoms with Crippen LogP contribution in [0.2, 0.25) is 0 Å². The number of amides is 1. The molecule has 1 aromatic carbocycles. The third-order valence-electron chi connectivity index (χ3n) is 4.05. The Kier molecular flexibility index (Phi) is 3.69. The molecule has 4 aromatic rings. The second-order valence-electron chi connectivity index (χ2n) is 5.76. The number of aryl methyl sites for hydroxylation is 2. The molecular weight excluding hydrogens is 336 g/mol. The lowest BCUT2D eigenvalue weighted by Gasteiger charge is -2.05. The van der Waals surface area contributed by atoms with Crippen LogP contribution in [0.1, 0.15) is 38.1 Å². The highest BCUT2D eigenvalue weighted by atomic mass is 16.5. The number of hydrogen-bond donors (Lipinski definition) is 1. The van der Waals surface area contributed by atoms with Gasteiger partial charge in [0, 0.05) is 5.39 Å². The van der Waals surface area contributed by atoms with Crippen LogP contribution in [0.3, 0.4) is 0 Å². The van der Waals surface area contributed by atoms with Gasteiger partial charge in [0.1, 0.15) is 16.9 Å². The molecular formula is C19H14N2O5. The minimum atomic E-state index is -0.458. The Morgan fingerprint density at radius 2 is 1.88 bits per heavy atom. The Hall–Kier alpha value is -3.61. The van der Waals surface area contributed by atoms with Crippen LogP contribution in [-0.4, -0.2) is 16.8 Å². The van der Waals surface area contributed by atoms with Crippen molar-refractivity contribution in [2.24, 2.45) is 0 Å². The van der Waals surface area contributed by atoms with Gasteiger partial charge in [0.25, 0.3) is 11.7 Å². The Morgan fingerprint density at radius 1 is 1.08 bits per heavy atom. The van der Waals surface area contributed by atoms with Gasteiger partial charge in [-0.2, -0.15) is 0 Å². The van der Waals surface area contributed by atoms with Gasteiger partial charge in [-0.05, 0) is 38.1 Å². The fourth-order valence-corrected chi connectivity index (χ4v) is 2.83. The van der Waals surface area contributed by atoms with E-state index in [2.05, 4.69) is 10.5 Å². The molecule has 4 rings (SSSR count). The summed E-state index contributed by atoms with van der Waals surface area (Å²) in [5.74, 6) is -0.369. The zero-order valence-electron chi connectivity index (χ0n) is 14.0. The van der Waals surface area contributed by atoms with Gasteiger partial charge in [-0.1, -0.05) is 17.3 Å². The molecule has 3 heterocycles. The first-order chi connectivity index (χ1) is 12.6. The lowest BCUT2D eigenvalue weighted by atomic mass is 10.1. The van der Waals surface area contributed by atoms with Crippen LogP contribution in [0.4, 0.5) is 5.69 Å². The summed E-state index contributed by atoms with van der Waals surface area (Å²) < 4.78 is 15.9. The smallest absolute Gasteiger partial charge is 0.265 e. The summed E-state index contributed by atoms with van der Waals surface area (Å²) in [6.07, 6.45) is 1.40. The maximum absolute atomic E-state index is 12.7. The van der Waals surface area contributed by atoms with Crippen LogP contribution >= 0.6 is 0 Å². The SMILES string of the molecule is Cc1noc(C)c1C(=O)Nc1c(C(=O)c2ccco2)oc2ccccc12. The number of para-hydroxylation sites is 1. The van der Waals surface area contributed by atoms with Gasteiger partial charge in [0.2, 0.25) is 5.76 Å². The molecule has 1 N–H and O–H groups in total. The fourth-order valence-electron chi connectivity index (χ4n) is 2.83. The molecule has 1 amide bonds. The molecule has 0 saturated carbocycles. The Labute approximate surface area is 147 Å². The highest BCUT2D eigenvalue weighted by Gasteiger charge is 2.27. The summed E-state index contributed by atoms with van der Waals surface area (Å²) in [6.45, 7) is 3.32. The number of ketones is 1. The molecule has 26 heavy (non-hydrogen) atoms. The summed E-state index contributed by atoms with van der Waals surface area (Å²) in [7, 11) is 0. The molecule has 0 aliphatic carbocycles. The molecule has 0 bridgehead atoms. The predicted octanol–water partition coefficient (Wildman–Crippen LogP) is 4.11. The third-order valence-corrected chi connectivity index (χ3v) is 4.05. The summed E-state index contributed by atoms with van der Waals surface area (Å²) in [6, 6.07) is 10.2. The van der Waals surface area contributed by atoms with E-state index in [4.69, 9.17) is 13.4 Å². The van der Waals surface area contributed by atoms with E-state index in [1.165, 1.54) is 12.3 Å². The quantitative estimate of drug-likeness (QED) is 0.556. The molecule has 0 radical (unpaired) electrons. The summed E-state index contributed by atoms with van der Waals surface area (Å²) >= 11 is 0. The van der Waals surface area contributed by atoms with Crippen LogP contribution < -0.4 is 5.32 Å². The third kappa shape index (κ3) is 2.50. The van der Waals surface area contributed by atoms with Gasteiger partial charge in [-0.25, -0.2) is 0 Å². The van der Waals surface area contributed by atoms with Crippen molar-refractivity contribution < 1.29 is 22.9 Å². The topological polar surface area (TPSA) is 98.5 Å². The molecule has 0 aliphatic heterocycles. The van der Waals surface area contributed by atoms with E-state index in [0.29, 0.717) is 28.0 Å². The van der Waals surface area contributed by atoms with Gasteiger partial charge in [-0.3, -0.25) is 9.59 Å². The first-order valence-corrected chi connectivity index (χ1v) is 7.90. The van der Waals surface area contributed by atoms with E-state index < -0.39 is 11.7 Å². The zero-order valence-corrected chi connectivity index (χ0v) is 14.0. The van der Waals surface area contributed by atoms with Crippen molar-refractivity contribution in [2.45, 2.75) is 13.8 Å². The maximum atomic E-state index is 12.7. The summed E-state index contributed by atoms with van der Waals surface area (Å²) in [5.41, 5.74) is 1.56. The van der Waals surface area contributed by atoms with E-state index in [-0.39, 0.29) is 17.2 Å². The molecule has 0 unspecified atom stereocenters. The standard InChI is InChI=1S/C19H14N2O5/c1-10-15(11(2)26-21-10)19(23)20-16-12-6-3-4-7-13(12)25-18(16)17(22)14-8-5-9-24-14/h3-9H,1-2H3,(H,20,23). The number of aromatic nitrogens is 1. The number of anilines is 1. The van der Waals surface area contributed by atoms with Crippen LogP contribution in [0.15, 0.2) is 56.0 Å². The molecule has 0 spiro atoms. The van der Waals surface area contributed by atoms with E-state index >= 15 is 0 Å². The van der Waals surface area contributed by atoms with Crippen molar-refractivity contribution in [3.05, 3.63) is 71.2 Å². The first-order valence-electron chi connectivity index (χ1n) is 7.90. The van der Waals surface area contributed by atoms with Gasteiger partial charge in [-0.15, -0.1) is 0 Å². The van der Waals surface area contributed by atoms with Gasteiger partial charge >= 0.3 is 0 Å². The molecule has 0 saturated heterocycles. The molecule has 7 heteroatoms. The normalized spacial score (nSPS) is 11.0. The Morgan fingerprint density at radius 3 is 2.58 bits per heavy atom. The van der Waals surface area contributed by atoms with Crippen molar-refractivity contribution in [1.29, 1.82) is 0 Å². The van der Waals surface area contributed by atoms with E-state index in [1.54, 1.807) is 44.2 Å². The van der Waals surface area contributed by atoms with Crippen LogP contribution in [0, 0.1) is 13.8 Å². The number of rotatable bonds is 4. The predicted molar refractivity (Wildman–Crippen MR) is 92.3 cm³/mol. The molecule has 0 aliphatic rings. The van der Waals surface area contributed by atoms with Crippen molar-refractivity contribution in [3.63, 3.8) is 0 Å². The number of nitrogens with one attached hydrogen (secondary N) is 1. The molecule has 130 valence electrons. The average molecular weight is 350 g/mol. The van der Waals surface area contributed by atoms with E-state index in [0.717, 1.165) is 0 Å². The number of carbonyl (C=O) groups is 2. The average Bonchev–Trinajstić information content (AvgIpc) is 3.35. The summed E-state index contributed by atoms with van der Waals surface area (Å²) in [5, 5.41) is 7.16. The number of fused-ring (bicyclic) bond motifs is 1. The molecule has 3 aromatic heterocycles. The molecule has 7 nitrogen and oxygen atoms in total. The number of furan rings is 2. The first kappa shape index (κ1) is 15.9. The lowest BCUT2D eigenvalue weighted by Crippen LogP contribution is -2.15. The van der Waals surface area contributed by atoms with Crippen molar-refractivity contribution in [3.8, 4) is 0 Å². The van der Waals surface area contributed by atoms with Gasteiger partial charge < -0.3 is 18.7 Å². The number of nitrogens with zero attached hydrogens (tertiary/aromatic N) is 1. The fraction of sp³-hybridized carbons (Fsp3) is 0.105. The van der Waals surface area contributed by atoms with Crippen molar-refractivity contribution in [2.75, 3.05) is 5.32 Å². The second kappa shape index (κ2) is 6.03. The zero-order chi connectivity index (χ0) is 18.3. The molecule has 0 fully saturated rings. The molecule has 0 atom stereocenters. The minimum Gasteiger partial charge on any atom is -0.461 e. The maximum Gasteiger partial charge on any atom is 0.265 e.